The number of nitrogens with one attached hydrogen (secondary N) is 1. The molecule has 0 saturated heterocycles. The fourth-order valence-electron chi connectivity index (χ4n) is 1.99. The Morgan fingerprint density at radius 3 is 2.62 bits per heavy atom. The summed E-state index contributed by atoms with van der Waals surface area (Å²) in [4.78, 5) is 11.6. The second kappa shape index (κ2) is 6.76. The van der Waals surface area contributed by atoms with E-state index >= 15 is 0 Å². The first-order valence-corrected chi connectivity index (χ1v) is 6.52. The maximum absolute atomic E-state index is 11.6. The second-order valence-electron chi connectivity index (χ2n) is 4.55. The van der Waals surface area contributed by atoms with Crippen LogP contribution in [0.15, 0.2) is 42.5 Å². The Morgan fingerprint density at radius 2 is 1.95 bits per heavy atom. The molecule has 1 amide bonds. The van der Waals surface area contributed by atoms with E-state index in [9.17, 15) is 4.79 Å². The van der Waals surface area contributed by atoms with E-state index in [0.29, 0.717) is 17.9 Å². The van der Waals surface area contributed by atoms with Crippen LogP contribution in [0.25, 0.3) is 0 Å². The van der Waals surface area contributed by atoms with Crippen molar-refractivity contribution in [2.75, 3.05) is 7.11 Å². The van der Waals surface area contributed by atoms with Crippen LogP contribution in [0.2, 0.25) is 0 Å². The molecule has 0 heterocycles. The number of aryl methyl sites for hydroxylation is 1. The number of para-hydroxylation sites is 1. The van der Waals surface area contributed by atoms with Gasteiger partial charge in [0.05, 0.1) is 7.11 Å². The molecule has 2 rings (SSSR count). The number of rotatable bonds is 5. The van der Waals surface area contributed by atoms with Crippen LogP contribution in [0.4, 0.5) is 0 Å². The standard InChI is InChI=1S/C16H18N2O3/c1-11-5-3-4-6-14(11)21-10-13-9-12(16(19)18-17)7-8-15(13)20-2/h3-9H,10,17H2,1-2H3,(H,18,19). The van der Waals surface area contributed by atoms with E-state index in [4.69, 9.17) is 15.3 Å². The molecular formula is C16H18N2O3. The van der Waals surface area contributed by atoms with Gasteiger partial charge in [-0.1, -0.05) is 18.2 Å². The highest BCUT2D eigenvalue weighted by Gasteiger charge is 2.10. The fourth-order valence-corrected chi connectivity index (χ4v) is 1.99. The summed E-state index contributed by atoms with van der Waals surface area (Å²) in [7, 11) is 1.58. The van der Waals surface area contributed by atoms with E-state index in [2.05, 4.69) is 5.43 Å². The van der Waals surface area contributed by atoms with Crippen LogP contribution >= 0.6 is 0 Å². The lowest BCUT2D eigenvalue weighted by Crippen LogP contribution is -2.30. The van der Waals surface area contributed by atoms with Crippen molar-refractivity contribution in [3.8, 4) is 11.5 Å². The Kier molecular flexibility index (Phi) is 4.79. The topological polar surface area (TPSA) is 73.6 Å². The predicted molar refractivity (Wildman–Crippen MR) is 80.2 cm³/mol. The van der Waals surface area contributed by atoms with Crippen LogP contribution in [-0.2, 0) is 6.61 Å². The summed E-state index contributed by atoms with van der Waals surface area (Å²) in [5.41, 5.74) is 4.40. The van der Waals surface area contributed by atoms with E-state index in [1.165, 1.54) is 0 Å². The van der Waals surface area contributed by atoms with Gasteiger partial charge in [-0.15, -0.1) is 0 Å². The molecule has 3 N–H and O–H groups in total. The average Bonchev–Trinajstić information content (AvgIpc) is 2.53. The minimum atomic E-state index is -0.352. The number of nitrogens with two attached hydrogens (primary N) is 1. The van der Waals surface area contributed by atoms with Crippen LogP contribution in [-0.4, -0.2) is 13.0 Å². The summed E-state index contributed by atoms with van der Waals surface area (Å²) >= 11 is 0. The number of hydrazine groups is 1. The summed E-state index contributed by atoms with van der Waals surface area (Å²) in [5, 5.41) is 0. The van der Waals surface area contributed by atoms with E-state index in [-0.39, 0.29) is 5.91 Å². The molecule has 2 aromatic rings. The highest BCUT2D eigenvalue weighted by Crippen LogP contribution is 2.23. The largest absolute Gasteiger partial charge is 0.496 e. The Morgan fingerprint density at radius 1 is 1.19 bits per heavy atom. The molecule has 0 fully saturated rings. The van der Waals surface area contributed by atoms with Crippen LogP contribution in [0, 0.1) is 6.92 Å². The van der Waals surface area contributed by atoms with Gasteiger partial charge in [0.1, 0.15) is 18.1 Å². The molecular weight excluding hydrogens is 268 g/mol. The minimum Gasteiger partial charge on any atom is -0.496 e. The molecule has 0 aliphatic rings. The van der Waals surface area contributed by atoms with Gasteiger partial charge in [0, 0.05) is 11.1 Å². The number of hydrogen-bond donors (Lipinski definition) is 2. The molecule has 0 aliphatic heterocycles. The summed E-state index contributed by atoms with van der Waals surface area (Å²) in [5.74, 6) is 6.26. The van der Waals surface area contributed by atoms with Crippen LogP contribution in [0.5, 0.6) is 11.5 Å². The van der Waals surface area contributed by atoms with Crippen LogP contribution in [0.1, 0.15) is 21.5 Å². The predicted octanol–water partition coefficient (Wildman–Crippen LogP) is 2.19. The molecule has 0 unspecified atom stereocenters. The number of methoxy groups -OCH3 is 1. The third-order valence-corrected chi connectivity index (χ3v) is 3.15. The van der Waals surface area contributed by atoms with Gasteiger partial charge in [-0.3, -0.25) is 10.2 Å². The quantitative estimate of drug-likeness (QED) is 0.502. The Bertz CT molecular complexity index is 641. The molecule has 0 atom stereocenters. The molecule has 5 heteroatoms. The van der Waals surface area contributed by atoms with E-state index < -0.39 is 0 Å². The smallest absolute Gasteiger partial charge is 0.265 e. The highest BCUT2D eigenvalue weighted by molar-refractivity contribution is 5.94. The van der Waals surface area contributed by atoms with Crippen molar-refractivity contribution >= 4 is 5.91 Å². The monoisotopic (exact) mass is 286 g/mol. The summed E-state index contributed by atoms with van der Waals surface area (Å²) in [6, 6.07) is 12.8. The first-order chi connectivity index (χ1) is 10.2. The van der Waals surface area contributed by atoms with Crippen molar-refractivity contribution in [2.45, 2.75) is 13.5 Å². The zero-order chi connectivity index (χ0) is 15.2. The number of carbonyl (C=O) groups is 1. The number of nitrogen functional groups attached to an aromatic ring is 1. The first kappa shape index (κ1) is 14.9. The number of benzene rings is 2. The molecule has 110 valence electrons. The number of amides is 1. The first-order valence-electron chi connectivity index (χ1n) is 6.52. The van der Waals surface area contributed by atoms with E-state index in [1.54, 1.807) is 25.3 Å². The van der Waals surface area contributed by atoms with Crippen molar-refractivity contribution < 1.29 is 14.3 Å². The molecule has 0 radical (unpaired) electrons. The van der Waals surface area contributed by atoms with Gasteiger partial charge in [-0.25, -0.2) is 5.84 Å². The minimum absolute atomic E-state index is 0.305. The third-order valence-electron chi connectivity index (χ3n) is 3.15. The second-order valence-corrected chi connectivity index (χ2v) is 4.55. The molecule has 5 nitrogen and oxygen atoms in total. The average molecular weight is 286 g/mol. The molecule has 2 aromatic carbocycles. The van der Waals surface area contributed by atoms with Crippen molar-refractivity contribution in [2.24, 2.45) is 5.84 Å². The zero-order valence-electron chi connectivity index (χ0n) is 12.1. The maximum Gasteiger partial charge on any atom is 0.265 e. The lowest BCUT2D eigenvalue weighted by atomic mass is 10.1. The Balaban J connectivity index is 2.21. The number of hydrogen-bond acceptors (Lipinski definition) is 4. The Labute approximate surface area is 123 Å². The fraction of sp³-hybridized carbons (Fsp3) is 0.188. The van der Waals surface area contributed by atoms with Crippen LogP contribution in [0.3, 0.4) is 0 Å². The summed E-state index contributed by atoms with van der Waals surface area (Å²) < 4.78 is 11.1. The molecule has 0 bridgehead atoms. The van der Waals surface area contributed by atoms with E-state index in [0.717, 1.165) is 16.9 Å². The molecule has 21 heavy (non-hydrogen) atoms. The number of ether oxygens (including phenoxy) is 2. The van der Waals surface area contributed by atoms with Gasteiger partial charge in [-0.05, 0) is 36.8 Å². The van der Waals surface area contributed by atoms with Gasteiger partial charge in [0.2, 0.25) is 0 Å². The zero-order valence-corrected chi connectivity index (χ0v) is 12.1. The summed E-state index contributed by atoms with van der Waals surface area (Å²) in [6.07, 6.45) is 0. The lowest BCUT2D eigenvalue weighted by molar-refractivity contribution is 0.0953. The van der Waals surface area contributed by atoms with Gasteiger partial charge >= 0.3 is 0 Å². The maximum atomic E-state index is 11.6. The van der Waals surface area contributed by atoms with Gasteiger partial charge in [-0.2, -0.15) is 0 Å². The van der Waals surface area contributed by atoms with E-state index in [1.807, 2.05) is 31.2 Å². The molecule has 0 saturated carbocycles. The lowest BCUT2D eigenvalue weighted by Gasteiger charge is -2.13. The summed E-state index contributed by atoms with van der Waals surface area (Å²) in [6.45, 7) is 2.28. The van der Waals surface area contributed by atoms with Gasteiger partial charge < -0.3 is 9.47 Å². The normalized spacial score (nSPS) is 10.0. The molecule has 0 aliphatic carbocycles. The van der Waals surface area contributed by atoms with Crippen molar-refractivity contribution in [3.05, 3.63) is 59.2 Å². The SMILES string of the molecule is COc1ccc(C(=O)NN)cc1COc1ccccc1C. The van der Waals surface area contributed by atoms with Crippen molar-refractivity contribution in [1.29, 1.82) is 0 Å². The number of carbonyl (C=O) groups excluding carboxylic acids is 1. The van der Waals surface area contributed by atoms with Crippen molar-refractivity contribution in [1.82, 2.24) is 5.43 Å². The highest BCUT2D eigenvalue weighted by atomic mass is 16.5. The third kappa shape index (κ3) is 3.52. The molecule has 0 spiro atoms. The molecule has 0 aromatic heterocycles. The van der Waals surface area contributed by atoms with Crippen molar-refractivity contribution in [3.63, 3.8) is 0 Å². The van der Waals surface area contributed by atoms with Gasteiger partial charge in [0.15, 0.2) is 0 Å². The van der Waals surface area contributed by atoms with Crippen LogP contribution < -0.4 is 20.7 Å². The Hall–Kier alpha value is -2.53. The van der Waals surface area contributed by atoms with Gasteiger partial charge in [0.25, 0.3) is 5.91 Å².